The maximum Gasteiger partial charge on any atom is 0.326 e. The second-order valence-corrected chi connectivity index (χ2v) is 10.6. The number of carbonyl (C=O) groups excluding carboxylic acids is 3. The molecule has 2 rings (SSSR count). The Hall–Kier alpha value is -2.30. The van der Waals surface area contributed by atoms with E-state index in [1.54, 1.807) is 12.1 Å². The molecule has 0 saturated carbocycles. The molecule has 11 heteroatoms. The summed E-state index contributed by atoms with van der Waals surface area (Å²) in [5.41, 5.74) is 0.852. The fourth-order valence-electron chi connectivity index (χ4n) is 3.99. The number of benzene rings is 1. The Morgan fingerprint density at radius 1 is 1.31 bits per heavy atom. The lowest BCUT2D eigenvalue weighted by atomic mass is 10.0. The van der Waals surface area contributed by atoms with Gasteiger partial charge in [-0.15, -0.1) is 0 Å². The maximum atomic E-state index is 13.0. The number of rotatable bonds is 15. The minimum absolute atomic E-state index is 0.117. The maximum absolute atomic E-state index is 13.0. The summed E-state index contributed by atoms with van der Waals surface area (Å²) in [4.78, 5) is 51.1. The van der Waals surface area contributed by atoms with Gasteiger partial charge < -0.3 is 21.1 Å². The number of thioether (sulfide) groups is 1. The van der Waals surface area contributed by atoms with E-state index in [0.717, 1.165) is 12.0 Å². The van der Waals surface area contributed by atoms with Gasteiger partial charge in [-0.05, 0) is 54.9 Å². The van der Waals surface area contributed by atoms with E-state index < -0.39 is 30.1 Å². The molecule has 4 atom stereocenters. The van der Waals surface area contributed by atoms with E-state index in [4.69, 9.17) is 11.6 Å². The van der Waals surface area contributed by atoms with Crippen LogP contribution in [0, 0.1) is 5.92 Å². The van der Waals surface area contributed by atoms with E-state index in [1.165, 1.54) is 11.8 Å². The molecular formula is C25H37ClN4O5S. The molecule has 1 unspecified atom stereocenters. The molecule has 1 aromatic rings. The molecule has 0 aliphatic carbocycles. The fraction of sp³-hybridized carbons (Fsp3) is 0.600. The topological polar surface area (TPSA) is 128 Å². The highest BCUT2D eigenvalue weighted by molar-refractivity contribution is 7.98. The van der Waals surface area contributed by atoms with E-state index >= 15 is 0 Å². The van der Waals surface area contributed by atoms with Gasteiger partial charge in [0.25, 0.3) is 0 Å². The van der Waals surface area contributed by atoms with Crippen LogP contribution >= 0.6 is 23.4 Å². The van der Waals surface area contributed by atoms with Crippen LogP contribution in [0.3, 0.4) is 0 Å². The lowest BCUT2D eigenvalue weighted by molar-refractivity contribution is -0.142. The number of amides is 3. The molecule has 200 valence electrons. The van der Waals surface area contributed by atoms with Crippen LogP contribution < -0.4 is 16.0 Å². The van der Waals surface area contributed by atoms with E-state index in [9.17, 15) is 24.3 Å². The lowest BCUT2D eigenvalue weighted by Crippen LogP contribution is -2.56. The van der Waals surface area contributed by atoms with Crippen molar-refractivity contribution in [3.05, 3.63) is 34.9 Å². The van der Waals surface area contributed by atoms with Gasteiger partial charge in [-0.3, -0.25) is 19.3 Å². The molecule has 1 fully saturated rings. The van der Waals surface area contributed by atoms with Crippen molar-refractivity contribution in [3.63, 3.8) is 0 Å². The molecule has 0 bridgehead atoms. The summed E-state index contributed by atoms with van der Waals surface area (Å²) in [6, 6.07) is 5.65. The Labute approximate surface area is 222 Å². The number of halogens is 1. The second kappa shape index (κ2) is 15.1. The number of hydrogen-bond acceptors (Lipinski definition) is 6. The Morgan fingerprint density at radius 3 is 2.64 bits per heavy atom. The molecule has 36 heavy (non-hydrogen) atoms. The van der Waals surface area contributed by atoms with E-state index in [0.29, 0.717) is 43.0 Å². The highest BCUT2D eigenvalue weighted by atomic mass is 35.5. The number of nitrogens with zero attached hydrogens (tertiary/aromatic N) is 1. The molecule has 1 aliphatic rings. The highest BCUT2D eigenvalue weighted by Crippen LogP contribution is 2.19. The van der Waals surface area contributed by atoms with Crippen LogP contribution in [0.25, 0.3) is 0 Å². The molecular weight excluding hydrogens is 504 g/mol. The zero-order valence-corrected chi connectivity index (χ0v) is 22.7. The number of nitrogens with one attached hydrogen (secondary N) is 3. The smallest absolute Gasteiger partial charge is 0.326 e. The van der Waals surface area contributed by atoms with Crippen molar-refractivity contribution < 1.29 is 24.3 Å². The van der Waals surface area contributed by atoms with Crippen LogP contribution in [0.5, 0.6) is 0 Å². The van der Waals surface area contributed by atoms with Crippen molar-refractivity contribution in [2.75, 3.05) is 18.6 Å². The van der Waals surface area contributed by atoms with Crippen molar-refractivity contribution in [1.29, 1.82) is 0 Å². The normalized spacial score (nSPS) is 17.8. The van der Waals surface area contributed by atoms with Crippen LogP contribution in [0.1, 0.15) is 51.5 Å². The van der Waals surface area contributed by atoms with Crippen molar-refractivity contribution in [3.8, 4) is 0 Å². The van der Waals surface area contributed by atoms with Crippen LogP contribution in [0.2, 0.25) is 5.02 Å². The van der Waals surface area contributed by atoms with E-state index in [-0.39, 0.29) is 24.3 Å². The number of hydrogen-bond donors (Lipinski definition) is 4. The van der Waals surface area contributed by atoms with Gasteiger partial charge in [-0.25, -0.2) is 4.79 Å². The zero-order valence-electron chi connectivity index (χ0n) is 21.1. The van der Waals surface area contributed by atoms with Gasteiger partial charge in [0, 0.05) is 18.0 Å². The first kappa shape index (κ1) is 29.9. The third-order valence-electron chi connectivity index (χ3n) is 6.25. The number of carboxylic acid groups (broad SMARTS) is 1. The van der Waals surface area contributed by atoms with Crippen molar-refractivity contribution in [2.45, 2.75) is 70.7 Å². The van der Waals surface area contributed by atoms with Gasteiger partial charge in [-0.1, -0.05) is 44.0 Å². The first-order valence-corrected chi connectivity index (χ1v) is 14.0. The summed E-state index contributed by atoms with van der Waals surface area (Å²) in [6.07, 6.45) is 3.85. The summed E-state index contributed by atoms with van der Waals surface area (Å²) in [6.45, 7) is 4.32. The Kier molecular flexibility index (Phi) is 12.5. The van der Waals surface area contributed by atoms with E-state index in [2.05, 4.69) is 29.8 Å². The quantitative estimate of drug-likeness (QED) is 0.252. The largest absolute Gasteiger partial charge is 0.480 e. The van der Waals surface area contributed by atoms with Gasteiger partial charge in [0.05, 0.1) is 12.7 Å². The lowest BCUT2D eigenvalue weighted by Gasteiger charge is -2.34. The number of aliphatic carboxylic acids is 1. The van der Waals surface area contributed by atoms with Gasteiger partial charge in [-0.2, -0.15) is 11.8 Å². The first-order chi connectivity index (χ1) is 17.1. The van der Waals surface area contributed by atoms with Crippen molar-refractivity contribution in [1.82, 2.24) is 20.9 Å². The van der Waals surface area contributed by atoms with Gasteiger partial charge in [0.1, 0.15) is 12.1 Å². The second-order valence-electron chi connectivity index (χ2n) is 9.21. The SMILES string of the molecule is CC[C@H](C)CC(NC(=O)[C@@H]1CCC(=O)N1)N(CC(=O)N[C@@H](CCSC)C(=O)O)Cc1cccc(Cl)c1. The Balaban J connectivity index is 2.27. The highest BCUT2D eigenvalue weighted by Gasteiger charge is 2.32. The molecule has 4 N–H and O–H groups in total. The molecule has 9 nitrogen and oxygen atoms in total. The Morgan fingerprint density at radius 2 is 2.06 bits per heavy atom. The predicted octanol–water partition coefficient (Wildman–Crippen LogP) is 2.62. The minimum Gasteiger partial charge on any atom is -0.480 e. The van der Waals surface area contributed by atoms with Crippen molar-refractivity contribution in [2.24, 2.45) is 5.92 Å². The molecule has 0 aromatic heterocycles. The molecule has 1 aliphatic heterocycles. The Bertz CT molecular complexity index is 918. The third-order valence-corrected chi connectivity index (χ3v) is 7.13. The molecule has 1 heterocycles. The monoisotopic (exact) mass is 540 g/mol. The summed E-state index contributed by atoms with van der Waals surface area (Å²) >= 11 is 7.69. The average molecular weight is 541 g/mol. The van der Waals surface area contributed by atoms with Gasteiger partial charge in [0.2, 0.25) is 17.7 Å². The summed E-state index contributed by atoms with van der Waals surface area (Å²) in [5.74, 6) is -1.14. The molecule has 1 aromatic carbocycles. The molecule has 1 saturated heterocycles. The van der Waals surface area contributed by atoms with Gasteiger partial charge >= 0.3 is 5.97 Å². The molecule has 0 radical (unpaired) electrons. The molecule has 3 amide bonds. The van der Waals surface area contributed by atoms with E-state index in [1.807, 2.05) is 23.3 Å². The van der Waals surface area contributed by atoms with Crippen molar-refractivity contribution >= 4 is 47.1 Å². The van der Waals surface area contributed by atoms with Crippen LogP contribution in [0.4, 0.5) is 0 Å². The fourth-order valence-corrected chi connectivity index (χ4v) is 4.67. The summed E-state index contributed by atoms with van der Waals surface area (Å²) < 4.78 is 0. The minimum atomic E-state index is -1.08. The summed E-state index contributed by atoms with van der Waals surface area (Å²) in [5, 5.41) is 18.4. The standard InChI is InChI=1S/C25H37ClN4O5S/c1-4-16(2)12-21(29-24(33)19-8-9-22(31)27-19)30(14-17-6-5-7-18(26)13-17)15-23(32)28-20(25(34)35)10-11-36-3/h5-7,13,16,19-21H,4,8-12,14-15H2,1-3H3,(H,27,31)(H,28,32)(H,29,33)(H,34,35)/t16-,19-,20-,21?/m0/s1. The predicted molar refractivity (Wildman–Crippen MR) is 142 cm³/mol. The van der Waals surface area contributed by atoms with Crippen LogP contribution in [-0.2, 0) is 25.7 Å². The van der Waals surface area contributed by atoms with Gasteiger partial charge in [0.15, 0.2) is 0 Å². The average Bonchev–Trinajstić information content (AvgIpc) is 3.27. The van der Waals surface area contributed by atoms with Crippen LogP contribution in [-0.4, -0.2) is 70.5 Å². The number of carboxylic acids is 1. The summed E-state index contributed by atoms with van der Waals surface area (Å²) in [7, 11) is 0. The zero-order chi connectivity index (χ0) is 26.7. The first-order valence-electron chi connectivity index (χ1n) is 12.2. The van der Waals surface area contributed by atoms with Crippen LogP contribution in [0.15, 0.2) is 24.3 Å². The molecule has 0 spiro atoms. The third kappa shape index (κ3) is 9.99. The number of carbonyl (C=O) groups is 4.